The summed E-state index contributed by atoms with van der Waals surface area (Å²) in [6.45, 7) is 8.43. The Bertz CT molecular complexity index is 4760. The lowest BCUT2D eigenvalue weighted by molar-refractivity contribution is 0.103. The molecule has 1 aromatic heterocycles. The van der Waals surface area contributed by atoms with E-state index >= 15 is 0 Å². The van der Waals surface area contributed by atoms with Gasteiger partial charge in [0.2, 0.25) is 0 Å². The highest BCUT2D eigenvalue weighted by Crippen LogP contribution is 2.63. The van der Waals surface area contributed by atoms with Crippen LogP contribution in [-0.2, 0) is 10.8 Å². The lowest BCUT2D eigenvalue weighted by Crippen LogP contribution is -2.30. The number of carbonyl (C=O) groups is 2. The van der Waals surface area contributed by atoms with Gasteiger partial charge in [0.1, 0.15) is 35.4 Å². The second kappa shape index (κ2) is 18.9. The Balaban J connectivity index is 1.07. The van der Waals surface area contributed by atoms with Gasteiger partial charge < -0.3 is 0 Å². The molecule has 0 N–H and O–H groups in total. The SMILES string of the molecule is Cc1ccc(C2(c3ccc(C)cc3)c3cc(/C=C4\C(=O)c5ccccc5C4=C(C#N)C#N)ccc3-c3cc4c(cc32)-c2cc3cc(/C=C5\C(=O)c6ccccc6C5=C(C#N)C#N)sc3cc2C4(c2ccc(C)cc2)c2ccc(C)cc2)cc1. The fraction of sp³-hybridized carbons (Fsp3) is 0.0789. The van der Waals surface area contributed by atoms with Crippen LogP contribution in [0.5, 0.6) is 0 Å². The molecule has 0 fully saturated rings. The van der Waals surface area contributed by atoms with E-state index in [0.717, 1.165) is 110 Å². The molecular weight excluding hydrogens is 1030 g/mol. The van der Waals surface area contributed by atoms with Gasteiger partial charge in [-0.05, 0) is 165 Å². The van der Waals surface area contributed by atoms with Crippen molar-refractivity contribution in [3.05, 3.63) is 316 Å². The van der Waals surface area contributed by atoms with Crippen LogP contribution in [0.1, 0.15) is 109 Å². The maximum absolute atomic E-state index is 14.5. The van der Waals surface area contributed by atoms with E-state index in [4.69, 9.17) is 0 Å². The second-order valence-corrected chi connectivity index (χ2v) is 23.2. The molecular formula is C76H46N4O2S. The lowest BCUT2D eigenvalue weighted by Gasteiger charge is -2.36. The first kappa shape index (κ1) is 50.4. The molecule has 0 spiro atoms. The van der Waals surface area contributed by atoms with Crippen molar-refractivity contribution in [1.82, 2.24) is 0 Å². The van der Waals surface area contributed by atoms with Crippen molar-refractivity contribution in [2.45, 2.75) is 38.5 Å². The van der Waals surface area contributed by atoms with Gasteiger partial charge in [-0.3, -0.25) is 9.59 Å². The highest BCUT2D eigenvalue weighted by atomic mass is 32.1. The average molecular weight is 1080 g/mol. The van der Waals surface area contributed by atoms with Crippen molar-refractivity contribution >= 4 is 56.3 Å². The molecule has 0 amide bonds. The zero-order valence-corrected chi connectivity index (χ0v) is 46.5. The molecule has 14 rings (SSSR count). The van der Waals surface area contributed by atoms with Crippen LogP contribution in [0.3, 0.4) is 0 Å². The molecule has 7 heteroatoms. The molecule has 0 aliphatic heterocycles. The summed E-state index contributed by atoms with van der Waals surface area (Å²) in [5.41, 5.74) is 19.8. The van der Waals surface area contributed by atoms with Gasteiger partial charge in [-0.2, -0.15) is 21.0 Å². The van der Waals surface area contributed by atoms with E-state index in [1.807, 2.05) is 24.3 Å². The van der Waals surface area contributed by atoms with Gasteiger partial charge in [-0.15, -0.1) is 11.3 Å². The van der Waals surface area contributed by atoms with Gasteiger partial charge in [0, 0.05) is 43.0 Å². The van der Waals surface area contributed by atoms with Crippen molar-refractivity contribution in [3.63, 3.8) is 0 Å². The van der Waals surface area contributed by atoms with Crippen LogP contribution in [0.4, 0.5) is 0 Å². The van der Waals surface area contributed by atoms with Crippen LogP contribution in [-0.4, -0.2) is 11.6 Å². The molecule has 1 heterocycles. The molecule has 0 atom stereocenters. The van der Waals surface area contributed by atoms with Gasteiger partial charge in [0.25, 0.3) is 0 Å². The number of hydrogen-bond donors (Lipinski definition) is 0. The van der Waals surface area contributed by atoms with Crippen LogP contribution in [0.25, 0.3) is 55.6 Å². The molecule has 4 aliphatic carbocycles. The first-order valence-electron chi connectivity index (χ1n) is 27.4. The van der Waals surface area contributed by atoms with Crippen LogP contribution in [0.15, 0.2) is 216 Å². The van der Waals surface area contributed by atoms with E-state index in [1.165, 1.54) is 0 Å². The zero-order chi connectivity index (χ0) is 57.1. The van der Waals surface area contributed by atoms with Crippen molar-refractivity contribution < 1.29 is 9.59 Å². The number of nitrogens with zero attached hydrogens (tertiary/aromatic N) is 4. The van der Waals surface area contributed by atoms with Gasteiger partial charge in [0.15, 0.2) is 11.6 Å². The molecule has 0 saturated carbocycles. The third-order valence-corrected chi connectivity index (χ3v) is 18.5. The summed E-state index contributed by atoms with van der Waals surface area (Å²) < 4.78 is 1.02. The quantitative estimate of drug-likeness (QED) is 0.120. The van der Waals surface area contributed by atoms with Crippen LogP contribution < -0.4 is 0 Å². The summed E-state index contributed by atoms with van der Waals surface area (Å²) in [5.74, 6) is -0.458. The van der Waals surface area contributed by atoms with E-state index < -0.39 is 10.8 Å². The monoisotopic (exact) mass is 1080 g/mol. The van der Waals surface area contributed by atoms with Crippen molar-refractivity contribution in [2.75, 3.05) is 0 Å². The molecule has 0 unspecified atom stereocenters. The maximum Gasteiger partial charge on any atom is 0.194 e. The fourth-order valence-electron chi connectivity index (χ4n) is 13.7. The number of fused-ring (bicyclic) bond motifs is 9. The van der Waals surface area contributed by atoms with Crippen molar-refractivity contribution in [2.24, 2.45) is 0 Å². The first-order valence-corrected chi connectivity index (χ1v) is 28.2. The molecule has 0 radical (unpaired) electrons. The number of nitriles is 4. The number of benzene rings is 9. The lowest BCUT2D eigenvalue weighted by atomic mass is 9.65. The molecule has 10 aromatic rings. The zero-order valence-electron chi connectivity index (χ0n) is 45.6. The number of Topliss-reactive ketones (excluding diaryl/α,β-unsaturated/α-hetero) is 2. The molecule has 0 bridgehead atoms. The van der Waals surface area contributed by atoms with Crippen molar-refractivity contribution in [3.8, 4) is 46.5 Å². The summed E-state index contributed by atoms with van der Waals surface area (Å²) in [4.78, 5) is 29.5. The molecule has 6 nitrogen and oxygen atoms in total. The topological polar surface area (TPSA) is 129 Å². The number of carbonyl (C=O) groups excluding carboxylic acids is 2. The smallest absolute Gasteiger partial charge is 0.194 e. The van der Waals surface area contributed by atoms with Gasteiger partial charge in [-0.25, -0.2) is 0 Å². The predicted molar refractivity (Wildman–Crippen MR) is 329 cm³/mol. The molecule has 4 aliphatic rings. The second-order valence-electron chi connectivity index (χ2n) is 22.1. The number of rotatable bonds is 6. The van der Waals surface area contributed by atoms with E-state index in [-0.39, 0.29) is 22.7 Å². The van der Waals surface area contributed by atoms with Gasteiger partial charge >= 0.3 is 0 Å². The number of ketones is 2. The highest BCUT2D eigenvalue weighted by molar-refractivity contribution is 7.19. The minimum Gasteiger partial charge on any atom is -0.289 e. The predicted octanol–water partition coefficient (Wildman–Crippen LogP) is 17.0. The Morgan fingerprint density at radius 3 is 1.19 bits per heavy atom. The highest BCUT2D eigenvalue weighted by Gasteiger charge is 2.52. The maximum atomic E-state index is 14.5. The Kier molecular flexibility index (Phi) is 11.5. The third-order valence-electron chi connectivity index (χ3n) is 17.5. The van der Waals surface area contributed by atoms with E-state index in [2.05, 4.69) is 198 Å². The molecule has 9 aromatic carbocycles. The Hall–Kier alpha value is -10.8. The number of hydrogen-bond acceptors (Lipinski definition) is 7. The van der Waals surface area contributed by atoms with E-state index in [0.29, 0.717) is 44.5 Å². The normalized spacial score (nSPS) is 15.4. The van der Waals surface area contributed by atoms with Crippen LogP contribution >= 0.6 is 11.3 Å². The Morgan fingerprint density at radius 1 is 0.386 bits per heavy atom. The summed E-state index contributed by atoms with van der Waals surface area (Å²) >= 11 is 1.58. The fourth-order valence-corrected chi connectivity index (χ4v) is 14.7. The number of allylic oxidation sites excluding steroid dienone is 6. The average Bonchev–Trinajstić information content (AvgIpc) is 1.83. The Morgan fingerprint density at radius 2 is 0.759 bits per heavy atom. The largest absolute Gasteiger partial charge is 0.289 e. The van der Waals surface area contributed by atoms with Crippen LogP contribution in [0.2, 0.25) is 0 Å². The van der Waals surface area contributed by atoms with Crippen molar-refractivity contribution in [1.29, 1.82) is 21.0 Å². The number of aryl methyl sites for hydroxylation is 4. The Labute approximate surface area is 485 Å². The first-order chi connectivity index (χ1) is 40.4. The molecule has 388 valence electrons. The minimum atomic E-state index is -0.894. The summed E-state index contributed by atoms with van der Waals surface area (Å²) in [5, 5.41) is 41.9. The van der Waals surface area contributed by atoms with Gasteiger partial charge in [-0.1, -0.05) is 180 Å². The van der Waals surface area contributed by atoms with Gasteiger partial charge in [0.05, 0.1) is 10.8 Å². The number of thiophene rings is 1. The minimum absolute atomic E-state index is 0.103. The summed E-state index contributed by atoms with van der Waals surface area (Å²) in [6, 6.07) is 76.2. The molecule has 83 heavy (non-hydrogen) atoms. The summed E-state index contributed by atoms with van der Waals surface area (Å²) in [7, 11) is 0. The molecule has 0 saturated heterocycles. The summed E-state index contributed by atoms with van der Waals surface area (Å²) in [6.07, 6.45) is 3.70. The third kappa shape index (κ3) is 7.29. The van der Waals surface area contributed by atoms with E-state index in [9.17, 15) is 30.6 Å². The standard InChI is InChI=1S/C76H46N4O2S/c1-43-13-22-51(23-14-43)75(52-24-15-44(2)16-25-52)66-32-47(31-64-71(49(39-77)40-78)57-9-5-7-11-59(57)73(64)81)21-30-56(66)62-36-68-63(37-67(62)75)61-34-48-33-55(35-65-72(50(41-79)42-80)58-10-6-8-12-60(58)74(65)82)83-70(48)38-69(61)76(68,53-26-17-45(3)18-27-53)54-28-19-46(4)20-29-54/h5-38H,1-4H3/b64-31-,65-35-. The van der Waals surface area contributed by atoms with E-state index in [1.54, 1.807) is 47.7 Å². The van der Waals surface area contributed by atoms with Crippen LogP contribution in [0, 0.1) is 73.0 Å².